The van der Waals surface area contributed by atoms with Crippen molar-refractivity contribution in [1.29, 1.82) is 0 Å². The first-order chi connectivity index (χ1) is 40.5. The van der Waals surface area contributed by atoms with Crippen LogP contribution >= 0.6 is 0 Å². The molecule has 6 nitrogen and oxygen atoms in total. The summed E-state index contributed by atoms with van der Waals surface area (Å²) in [6.07, 6.45) is 95.4. The Morgan fingerprint density at radius 3 is 0.756 bits per heavy atom. The van der Waals surface area contributed by atoms with E-state index >= 15 is 0 Å². The molecule has 0 bridgehead atoms. The van der Waals surface area contributed by atoms with E-state index in [1.807, 2.05) is 0 Å². The van der Waals surface area contributed by atoms with Gasteiger partial charge < -0.3 is 14.2 Å². The minimum absolute atomic E-state index is 0.0919. The summed E-state index contributed by atoms with van der Waals surface area (Å²) in [7, 11) is 0. The van der Waals surface area contributed by atoms with Gasteiger partial charge in [-0.25, -0.2) is 0 Å². The normalized spacial score (nSPS) is 12.8. The lowest BCUT2D eigenvalue weighted by Gasteiger charge is -2.18. The zero-order valence-corrected chi connectivity index (χ0v) is 54.0. The molecular weight excluding hydrogens is 1010 g/mol. The Bertz CT molecular complexity index is 1640. The monoisotopic (exact) mass is 1140 g/mol. The molecule has 0 aliphatic carbocycles. The Morgan fingerprint density at radius 2 is 0.476 bits per heavy atom. The molecule has 0 amide bonds. The molecule has 0 aromatic rings. The number of hydrogen-bond acceptors (Lipinski definition) is 6. The lowest BCUT2D eigenvalue weighted by atomic mass is 10.0. The van der Waals surface area contributed by atoms with Crippen LogP contribution in [0.3, 0.4) is 0 Å². The molecule has 0 aliphatic rings. The smallest absolute Gasteiger partial charge is 0.306 e. The summed E-state index contributed by atoms with van der Waals surface area (Å²) < 4.78 is 16.9. The molecular formula is C76H130O6. The van der Waals surface area contributed by atoms with E-state index in [0.29, 0.717) is 19.3 Å². The summed E-state index contributed by atoms with van der Waals surface area (Å²) in [5, 5.41) is 0. The number of rotatable bonds is 63. The first-order valence-electron chi connectivity index (χ1n) is 34.9. The topological polar surface area (TPSA) is 78.9 Å². The van der Waals surface area contributed by atoms with E-state index in [4.69, 9.17) is 14.2 Å². The summed E-state index contributed by atoms with van der Waals surface area (Å²) in [5.74, 6) is -0.919. The van der Waals surface area contributed by atoms with Gasteiger partial charge in [0.25, 0.3) is 0 Å². The summed E-state index contributed by atoms with van der Waals surface area (Å²) in [4.78, 5) is 38.4. The number of esters is 3. The number of ether oxygens (including phenoxy) is 3. The molecule has 0 aromatic carbocycles. The molecule has 0 rings (SSSR count). The first kappa shape index (κ1) is 78.1. The number of allylic oxidation sites excluding steroid dienone is 18. The van der Waals surface area contributed by atoms with Crippen LogP contribution < -0.4 is 0 Å². The zero-order valence-electron chi connectivity index (χ0n) is 54.0. The third kappa shape index (κ3) is 66.9. The minimum Gasteiger partial charge on any atom is -0.462 e. The van der Waals surface area contributed by atoms with Crippen LogP contribution in [0.1, 0.15) is 335 Å². The van der Waals surface area contributed by atoms with Gasteiger partial charge in [0.05, 0.1) is 0 Å². The minimum atomic E-state index is -0.800. The molecule has 0 spiro atoms. The molecule has 0 saturated carbocycles. The second kappa shape index (κ2) is 69.6. The van der Waals surface area contributed by atoms with Gasteiger partial charge in [-0.05, 0) is 128 Å². The van der Waals surface area contributed by atoms with E-state index < -0.39 is 6.10 Å². The Balaban J connectivity index is 4.28. The second-order valence-corrected chi connectivity index (χ2v) is 23.1. The van der Waals surface area contributed by atoms with Crippen LogP contribution in [0.15, 0.2) is 109 Å². The van der Waals surface area contributed by atoms with Crippen LogP contribution in [0.4, 0.5) is 0 Å². The standard InChI is InChI=1S/C76H130O6/c1-4-7-10-13-16-19-22-25-28-31-32-33-34-35-36-37-38-39-40-41-42-43-44-46-48-51-54-57-60-63-66-69-75(78)81-72-73(71-80-74(77)68-65-62-59-56-53-50-47-30-27-24-21-18-15-12-9-6-3)82-76(79)70-67-64-61-58-55-52-49-45-29-26-23-20-17-14-11-8-5-2/h8,11,17,20-22,24-26,29-32,34-35,47,49,52,73H,4-7,9-10,12-16,18-19,23,27-28,33,36-46,48,50-51,53-72H2,1-3H3/b11-8-,20-17-,24-21-,25-22-,29-26-,32-31-,35-34-,47-30-,52-49-. The predicted molar refractivity (Wildman–Crippen MR) is 357 cm³/mol. The molecule has 0 heterocycles. The lowest BCUT2D eigenvalue weighted by Crippen LogP contribution is -2.30. The van der Waals surface area contributed by atoms with E-state index in [0.717, 1.165) is 135 Å². The average Bonchev–Trinajstić information content (AvgIpc) is 3.47. The van der Waals surface area contributed by atoms with Gasteiger partial charge in [-0.2, -0.15) is 0 Å². The molecule has 0 radical (unpaired) electrons. The SMILES string of the molecule is CC/C=C\C/C=C\C/C=C\C/C=C\CCCCCCC(=O)OC(COC(=O)CCCCCCC/C=C\C/C=C\CCCCCC)COC(=O)CCCCCCCCCCCCCCCCCC/C=C\C/C=C\C/C=C\CCCCCCC. The van der Waals surface area contributed by atoms with Gasteiger partial charge in [0.1, 0.15) is 13.2 Å². The van der Waals surface area contributed by atoms with Crippen LogP contribution in [0, 0.1) is 0 Å². The molecule has 0 fully saturated rings. The Morgan fingerprint density at radius 1 is 0.256 bits per heavy atom. The Hall–Kier alpha value is -3.93. The van der Waals surface area contributed by atoms with Crippen molar-refractivity contribution in [3.63, 3.8) is 0 Å². The quantitative estimate of drug-likeness (QED) is 0.0261. The number of carbonyl (C=O) groups excluding carboxylic acids is 3. The van der Waals surface area contributed by atoms with E-state index in [1.54, 1.807) is 0 Å². The Labute approximate surface area is 508 Å². The summed E-state index contributed by atoms with van der Waals surface area (Å²) in [5.41, 5.74) is 0. The average molecular weight is 1140 g/mol. The van der Waals surface area contributed by atoms with Crippen LogP contribution in [0.2, 0.25) is 0 Å². The molecule has 0 aliphatic heterocycles. The van der Waals surface area contributed by atoms with Gasteiger partial charge in [-0.15, -0.1) is 0 Å². The van der Waals surface area contributed by atoms with Gasteiger partial charge in [-0.3, -0.25) is 14.4 Å². The van der Waals surface area contributed by atoms with Crippen LogP contribution in [-0.2, 0) is 28.6 Å². The Kier molecular flexibility index (Phi) is 66.2. The van der Waals surface area contributed by atoms with Crippen molar-refractivity contribution in [2.75, 3.05) is 13.2 Å². The van der Waals surface area contributed by atoms with Gasteiger partial charge in [0, 0.05) is 19.3 Å². The molecule has 0 N–H and O–H groups in total. The fourth-order valence-corrected chi connectivity index (χ4v) is 9.77. The maximum Gasteiger partial charge on any atom is 0.306 e. The highest BCUT2D eigenvalue weighted by Gasteiger charge is 2.19. The van der Waals surface area contributed by atoms with Crippen molar-refractivity contribution < 1.29 is 28.6 Å². The molecule has 82 heavy (non-hydrogen) atoms. The van der Waals surface area contributed by atoms with Crippen molar-refractivity contribution in [1.82, 2.24) is 0 Å². The highest BCUT2D eigenvalue weighted by Crippen LogP contribution is 2.17. The summed E-state index contributed by atoms with van der Waals surface area (Å²) in [6, 6.07) is 0. The van der Waals surface area contributed by atoms with Crippen molar-refractivity contribution in [3.05, 3.63) is 109 Å². The maximum absolute atomic E-state index is 12.9. The van der Waals surface area contributed by atoms with Gasteiger partial charge in [0.15, 0.2) is 6.10 Å². The summed E-state index contributed by atoms with van der Waals surface area (Å²) >= 11 is 0. The van der Waals surface area contributed by atoms with Gasteiger partial charge in [0.2, 0.25) is 0 Å². The van der Waals surface area contributed by atoms with E-state index in [1.165, 1.54) is 161 Å². The lowest BCUT2D eigenvalue weighted by molar-refractivity contribution is -0.167. The van der Waals surface area contributed by atoms with Crippen molar-refractivity contribution in [2.24, 2.45) is 0 Å². The number of hydrogen-bond donors (Lipinski definition) is 0. The predicted octanol–water partition coefficient (Wildman–Crippen LogP) is 24.2. The van der Waals surface area contributed by atoms with E-state index in [-0.39, 0.29) is 31.1 Å². The van der Waals surface area contributed by atoms with Crippen LogP contribution in [-0.4, -0.2) is 37.2 Å². The molecule has 0 aromatic heterocycles. The maximum atomic E-state index is 12.9. The first-order valence-corrected chi connectivity index (χ1v) is 34.9. The molecule has 0 saturated heterocycles. The van der Waals surface area contributed by atoms with Crippen LogP contribution in [0.5, 0.6) is 0 Å². The highest BCUT2D eigenvalue weighted by molar-refractivity contribution is 5.71. The third-order valence-corrected chi connectivity index (χ3v) is 15.0. The fraction of sp³-hybridized carbons (Fsp3) is 0.724. The number of unbranched alkanes of at least 4 members (excludes halogenated alkanes) is 34. The molecule has 1 atom stereocenters. The van der Waals surface area contributed by atoms with Gasteiger partial charge in [-0.1, -0.05) is 297 Å². The van der Waals surface area contributed by atoms with Gasteiger partial charge >= 0.3 is 17.9 Å². The van der Waals surface area contributed by atoms with E-state index in [2.05, 4.69) is 130 Å². The number of carbonyl (C=O) groups is 3. The molecule has 6 heteroatoms. The second-order valence-electron chi connectivity index (χ2n) is 23.1. The zero-order chi connectivity index (χ0) is 59.2. The molecule has 1 unspecified atom stereocenters. The highest BCUT2D eigenvalue weighted by atomic mass is 16.6. The largest absolute Gasteiger partial charge is 0.462 e. The third-order valence-electron chi connectivity index (χ3n) is 15.0. The summed E-state index contributed by atoms with van der Waals surface area (Å²) in [6.45, 7) is 6.49. The van der Waals surface area contributed by atoms with Crippen LogP contribution in [0.25, 0.3) is 0 Å². The van der Waals surface area contributed by atoms with Crippen molar-refractivity contribution >= 4 is 17.9 Å². The fourth-order valence-electron chi connectivity index (χ4n) is 9.77. The van der Waals surface area contributed by atoms with E-state index in [9.17, 15) is 14.4 Å². The molecule has 470 valence electrons. The van der Waals surface area contributed by atoms with Crippen molar-refractivity contribution in [2.45, 2.75) is 341 Å². The van der Waals surface area contributed by atoms with Crippen molar-refractivity contribution in [3.8, 4) is 0 Å².